The Balaban J connectivity index is 2.99. The fourth-order valence-corrected chi connectivity index (χ4v) is 1.38. The van der Waals surface area contributed by atoms with Crippen LogP contribution in [0.3, 0.4) is 0 Å². The summed E-state index contributed by atoms with van der Waals surface area (Å²) in [5, 5.41) is 8.72. The Hall–Kier alpha value is -1.98. The van der Waals surface area contributed by atoms with E-state index in [9.17, 15) is 18.0 Å². The van der Waals surface area contributed by atoms with E-state index in [1.54, 1.807) is 6.92 Å². The summed E-state index contributed by atoms with van der Waals surface area (Å²) in [6.07, 6.45) is -4.22. The summed E-state index contributed by atoms with van der Waals surface area (Å²) in [5.74, 6) is -1.64. The zero-order valence-corrected chi connectivity index (χ0v) is 10.3. The highest BCUT2D eigenvalue weighted by atomic mass is 19.4. The Bertz CT molecular complexity index is 492. The van der Waals surface area contributed by atoms with Crippen molar-refractivity contribution in [1.29, 1.82) is 0 Å². The van der Waals surface area contributed by atoms with Crippen LogP contribution in [0.15, 0.2) is 30.4 Å². The number of aromatic carboxylic acids is 1. The van der Waals surface area contributed by atoms with Crippen molar-refractivity contribution in [3.8, 4) is 5.75 Å². The topological polar surface area (TPSA) is 46.5 Å². The van der Waals surface area contributed by atoms with E-state index in [1.165, 1.54) is 6.07 Å². The molecule has 0 aliphatic rings. The summed E-state index contributed by atoms with van der Waals surface area (Å²) in [4.78, 5) is 10.7. The third-order valence-electron chi connectivity index (χ3n) is 2.32. The number of alkyl halides is 3. The van der Waals surface area contributed by atoms with Gasteiger partial charge in [0, 0.05) is 6.42 Å². The summed E-state index contributed by atoms with van der Waals surface area (Å²) >= 11 is 0. The maximum Gasteiger partial charge on any atom is 0.417 e. The monoisotopic (exact) mass is 274 g/mol. The van der Waals surface area contributed by atoms with Crippen LogP contribution in [0.4, 0.5) is 13.2 Å². The van der Waals surface area contributed by atoms with Gasteiger partial charge in [0.05, 0.1) is 17.7 Å². The quantitative estimate of drug-likeness (QED) is 0.832. The molecule has 0 saturated heterocycles. The first-order valence-electron chi connectivity index (χ1n) is 5.43. The minimum atomic E-state index is -4.73. The lowest BCUT2D eigenvalue weighted by Crippen LogP contribution is -2.13. The summed E-state index contributed by atoms with van der Waals surface area (Å²) in [5.41, 5.74) is -1.16. The van der Waals surface area contributed by atoms with Crippen LogP contribution in [0, 0.1) is 0 Å². The van der Waals surface area contributed by atoms with Crippen molar-refractivity contribution in [2.75, 3.05) is 6.61 Å². The van der Waals surface area contributed by atoms with Gasteiger partial charge in [0.2, 0.25) is 0 Å². The maximum absolute atomic E-state index is 12.7. The molecule has 0 amide bonds. The zero-order chi connectivity index (χ0) is 14.6. The average Bonchev–Trinajstić information content (AvgIpc) is 2.27. The number of carboxylic acid groups (broad SMARTS) is 1. The van der Waals surface area contributed by atoms with Crippen LogP contribution >= 0.6 is 0 Å². The molecule has 0 atom stereocenters. The van der Waals surface area contributed by atoms with Crippen LogP contribution in [0.25, 0.3) is 0 Å². The maximum atomic E-state index is 12.7. The van der Waals surface area contributed by atoms with Crippen molar-refractivity contribution in [3.05, 3.63) is 41.5 Å². The Morgan fingerprint density at radius 3 is 2.53 bits per heavy atom. The lowest BCUT2D eigenvalue weighted by Gasteiger charge is -2.13. The highest BCUT2D eigenvalue weighted by Crippen LogP contribution is 2.34. The number of hydrogen-bond acceptors (Lipinski definition) is 2. The highest BCUT2D eigenvalue weighted by Gasteiger charge is 2.35. The van der Waals surface area contributed by atoms with Crippen molar-refractivity contribution in [1.82, 2.24) is 0 Å². The smallest absolute Gasteiger partial charge is 0.417 e. The lowest BCUT2D eigenvalue weighted by atomic mass is 10.1. The Labute approximate surface area is 108 Å². The largest absolute Gasteiger partial charge is 0.493 e. The number of carbonyl (C=O) groups is 1. The molecule has 1 rings (SSSR count). The minimum Gasteiger partial charge on any atom is -0.493 e. The Morgan fingerprint density at radius 1 is 1.42 bits per heavy atom. The van der Waals surface area contributed by atoms with Gasteiger partial charge in [-0.3, -0.25) is 0 Å². The fraction of sp³-hybridized carbons (Fsp3) is 0.308. The number of carboxylic acids is 1. The molecule has 0 aliphatic carbocycles. The summed E-state index contributed by atoms with van der Waals surface area (Å²) in [6.45, 7) is 5.61. The number of benzene rings is 1. The van der Waals surface area contributed by atoms with E-state index in [0.717, 1.165) is 11.6 Å². The number of rotatable bonds is 5. The number of halogens is 3. The molecular weight excluding hydrogens is 261 g/mol. The SMILES string of the molecule is C=C(C)CCOc1ccc(C(=O)O)c(C(F)(F)F)c1. The van der Waals surface area contributed by atoms with Crippen molar-refractivity contribution in [2.45, 2.75) is 19.5 Å². The van der Waals surface area contributed by atoms with Gasteiger partial charge >= 0.3 is 12.1 Å². The molecule has 0 unspecified atom stereocenters. The predicted octanol–water partition coefficient (Wildman–Crippen LogP) is 3.75. The van der Waals surface area contributed by atoms with Crippen molar-refractivity contribution in [3.63, 3.8) is 0 Å². The second-order valence-corrected chi connectivity index (χ2v) is 4.07. The fourth-order valence-electron chi connectivity index (χ4n) is 1.38. The van der Waals surface area contributed by atoms with Gasteiger partial charge in [-0.2, -0.15) is 13.2 Å². The van der Waals surface area contributed by atoms with E-state index in [4.69, 9.17) is 9.84 Å². The standard InChI is InChI=1S/C13H13F3O3/c1-8(2)5-6-19-9-3-4-10(12(17)18)11(7-9)13(14,15)16/h3-4,7H,1,5-6H2,2H3,(H,17,18). The summed E-state index contributed by atoms with van der Waals surface area (Å²) < 4.78 is 43.3. The van der Waals surface area contributed by atoms with E-state index < -0.39 is 23.3 Å². The van der Waals surface area contributed by atoms with Gasteiger partial charge in [0.15, 0.2) is 0 Å². The van der Waals surface area contributed by atoms with Crippen LogP contribution in [0.5, 0.6) is 5.75 Å². The van der Waals surface area contributed by atoms with Crippen molar-refractivity contribution in [2.24, 2.45) is 0 Å². The second kappa shape index (κ2) is 5.77. The van der Waals surface area contributed by atoms with Crippen LogP contribution in [0.2, 0.25) is 0 Å². The van der Waals surface area contributed by atoms with Gasteiger partial charge in [-0.05, 0) is 25.1 Å². The number of ether oxygens (including phenoxy) is 1. The first-order valence-corrected chi connectivity index (χ1v) is 5.43. The van der Waals surface area contributed by atoms with E-state index in [1.807, 2.05) is 0 Å². The van der Waals surface area contributed by atoms with Gasteiger partial charge in [-0.25, -0.2) is 4.79 Å². The third-order valence-corrected chi connectivity index (χ3v) is 2.32. The Morgan fingerprint density at radius 2 is 2.05 bits per heavy atom. The molecule has 0 heterocycles. The molecule has 1 N–H and O–H groups in total. The van der Waals surface area contributed by atoms with Gasteiger partial charge in [-0.1, -0.05) is 5.57 Å². The lowest BCUT2D eigenvalue weighted by molar-refractivity contribution is -0.138. The molecule has 0 saturated carbocycles. The molecule has 0 aliphatic heterocycles. The first-order chi connectivity index (χ1) is 8.71. The Kier molecular flexibility index (Phi) is 4.58. The molecule has 3 nitrogen and oxygen atoms in total. The van der Waals surface area contributed by atoms with Gasteiger partial charge in [0.25, 0.3) is 0 Å². The molecule has 0 fully saturated rings. The van der Waals surface area contributed by atoms with E-state index in [2.05, 4.69) is 6.58 Å². The van der Waals surface area contributed by atoms with E-state index in [-0.39, 0.29) is 12.4 Å². The predicted molar refractivity (Wildman–Crippen MR) is 63.3 cm³/mol. The van der Waals surface area contributed by atoms with Crippen LogP contribution < -0.4 is 4.74 Å². The summed E-state index contributed by atoms with van der Waals surface area (Å²) in [7, 11) is 0. The highest BCUT2D eigenvalue weighted by molar-refractivity contribution is 5.89. The molecule has 0 bridgehead atoms. The third kappa shape index (κ3) is 4.31. The molecule has 104 valence electrons. The van der Waals surface area contributed by atoms with Crippen molar-refractivity contribution < 1.29 is 27.8 Å². The zero-order valence-electron chi connectivity index (χ0n) is 10.3. The van der Waals surface area contributed by atoms with E-state index >= 15 is 0 Å². The molecule has 1 aromatic rings. The minimum absolute atomic E-state index is 0.0152. The molecule has 1 aromatic carbocycles. The molecule has 6 heteroatoms. The molecule has 0 spiro atoms. The first kappa shape index (κ1) is 15.1. The molecule has 19 heavy (non-hydrogen) atoms. The molecule has 0 radical (unpaired) electrons. The number of hydrogen-bond donors (Lipinski definition) is 1. The van der Waals surface area contributed by atoms with Gasteiger partial charge < -0.3 is 9.84 Å². The summed E-state index contributed by atoms with van der Waals surface area (Å²) in [6, 6.07) is 2.79. The van der Waals surface area contributed by atoms with Gasteiger partial charge in [0.1, 0.15) is 5.75 Å². The average molecular weight is 274 g/mol. The molecule has 0 aromatic heterocycles. The molecular formula is C13H13F3O3. The van der Waals surface area contributed by atoms with E-state index in [0.29, 0.717) is 12.5 Å². The second-order valence-electron chi connectivity index (χ2n) is 4.07. The van der Waals surface area contributed by atoms with Crippen LogP contribution in [0.1, 0.15) is 29.3 Å². The van der Waals surface area contributed by atoms with Gasteiger partial charge in [-0.15, -0.1) is 6.58 Å². The van der Waals surface area contributed by atoms with Crippen LogP contribution in [-0.4, -0.2) is 17.7 Å². The van der Waals surface area contributed by atoms with Crippen LogP contribution in [-0.2, 0) is 6.18 Å². The normalized spacial score (nSPS) is 11.2. The van der Waals surface area contributed by atoms with Crippen molar-refractivity contribution >= 4 is 5.97 Å².